The molecule has 4 nitrogen and oxygen atoms in total. The van der Waals surface area contributed by atoms with Crippen LogP contribution in [0.2, 0.25) is 0 Å². The third-order valence-corrected chi connectivity index (χ3v) is 1.96. The van der Waals surface area contributed by atoms with Crippen molar-refractivity contribution in [1.29, 1.82) is 0 Å². The maximum Gasteiger partial charge on any atom is 0.148 e. The second-order valence-electron chi connectivity index (χ2n) is 3.82. The van der Waals surface area contributed by atoms with Gasteiger partial charge in [-0.05, 0) is 24.5 Å². The number of nitrogens with one attached hydrogen (secondary N) is 1. The molecule has 1 rings (SSSR count). The number of rotatable bonds is 5. The zero-order valence-corrected chi connectivity index (χ0v) is 8.77. The number of nitrogens with zero attached hydrogens (tertiary/aromatic N) is 2. The quantitative estimate of drug-likeness (QED) is 0.740. The van der Waals surface area contributed by atoms with Gasteiger partial charge in [0.15, 0.2) is 0 Å². The van der Waals surface area contributed by atoms with Gasteiger partial charge in [-0.1, -0.05) is 13.8 Å². The molecule has 78 valence electrons. The molecular formula is C10H18N4. The van der Waals surface area contributed by atoms with E-state index in [1.165, 1.54) is 0 Å². The Labute approximate surface area is 84.9 Å². The summed E-state index contributed by atoms with van der Waals surface area (Å²) in [6.07, 6.45) is 2.71. The van der Waals surface area contributed by atoms with E-state index in [0.717, 1.165) is 12.2 Å². The third kappa shape index (κ3) is 3.70. The second-order valence-corrected chi connectivity index (χ2v) is 3.82. The monoisotopic (exact) mass is 194 g/mol. The van der Waals surface area contributed by atoms with Crippen LogP contribution >= 0.6 is 0 Å². The Morgan fingerprint density at radius 1 is 1.50 bits per heavy atom. The van der Waals surface area contributed by atoms with E-state index in [0.29, 0.717) is 12.5 Å². The van der Waals surface area contributed by atoms with Gasteiger partial charge < -0.3 is 11.1 Å². The average Bonchev–Trinajstić information content (AvgIpc) is 2.17. The highest BCUT2D eigenvalue weighted by Gasteiger charge is 2.08. The molecule has 1 heterocycles. The maximum absolute atomic E-state index is 5.66. The molecule has 0 amide bonds. The molecule has 1 unspecified atom stereocenters. The van der Waals surface area contributed by atoms with Gasteiger partial charge in [0.2, 0.25) is 0 Å². The summed E-state index contributed by atoms with van der Waals surface area (Å²) >= 11 is 0. The Kier molecular flexibility index (Phi) is 4.32. The van der Waals surface area contributed by atoms with Crippen molar-refractivity contribution in [2.24, 2.45) is 11.7 Å². The Hall–Kier alpha value is -1.16. The first-order valence-electron chi connectivity index (χ1n) is 4.96. The molecule has 0 aliphatic rings. The van der Waals surface area contributed by atoms with E-state index in [9.17, 15) is 0 Å². The van der Waals surface area contributed by atoms with Crippen molar-refractivity contribution in [1.82, 2.24) is 10.2 Å². The molecule has 1 aromatic heterocycles. The van der Waals surface area contributed by atoms with E-state index >= 15 is 0 Å². The van der Waals surface area contributed by atoms with Crippen LogP contribution in [0.4, 0.5) is 5.82 Å². The lowest BCUT2D eigenvalue weighted by Gasteiger charge is -2.18. The van der Waals surface area contributed by atoms with Gasteiger partial charge in [-0.2, -0.15) is 5.10 Å². The van der Waals surface area contributed by atoms with Crippen LogP contribution in [0.3, 0.4) is 0 Å². The minimum Gasteiger partial charge on any atom is -0.365 e. The molecule has 0 aromatic carbocycles. The molecule has 0 fully saturated rings. The molecule has 0 aliphatic carbocycles. The highest BCUT2D eigenvalue weighted by atomic mass is 15.2. The lowest BCUT2D eigenvalue weighted by molar-refractivity contribution is 0.520. The van der Waals surface area contributed by atoms with Crippen LogP contribution in [-0.2, 0) is 0 Å². The first-order valence-corrected chi connectivity index (χ1v) is 4.96. The molecule has 0 spiro atoms. The van der Waals surface area contributed by atoms with Crippen molar-refractivity contribution in [2.75, 3.05) is 11.9 Å². The molecule has 0 aliphatic heterocycles. The van der Waals surface area contributed by atoms with Gasteiger partial charge in [-0.15, -0.1) is 5.10 Å². The van der Waals surface area contributed by atoms with Gasteiger partial charge in [0, 0.05) is 18.8 Å². The summed E-state index contributed by atoms with van der Waals surface area (Å²) in [7, 11) is 0. The molecular weight excluding hydrogens is 176 g/mol. The fraction of sp³-hybridized carbons (Fsp3) is 0.600. The Bertz CT molecular complexity index is 248. The van der Waals surface area contributed by atoms with Gasteiger partial charge in [0.1, 0.15) is 5.82 Å². The largest absolute Gasteiger partial charge is 0.365 e. The summed E-state index contributed by atoms with van der Waals surface area (Å²) in [4.78, 5) is 0. The van der Waals surface area contributed by atoms with E-state index in [1.54, 1.807) is 6.20 Å². The number of aromatic nitrogens is 2. The van der Waals surface area contributed by atoms with Crippen molar-refractivity contribution in [3.8, 4) is 0 Å². The summed E-state index contributed by atoms with van der Waals surface area (Å²) in [6.45, 7) is 4.98. The van der Waals surface area contributed by atoms with E-state index < -0.39 is 0 Å². The van der Waals surface area contributed by atoms with E-state index in [4.69, 9.17) is 5.73 Å². The number of hydrogen-bond acceptors (Lipinski definition) is 4. The SMILES string of the molecule is CC(C)CC(CN)Nc1cccnn1. The molecule has 1 atom stereocenters. The fourth-order valence-corrected chi connectivity index (χ4v) is 1.37. The van der Waals surface area contributed by atoms with Gasteiger partial charge >= 0.3 is 0 Å². The van der Waals surface area contributed by atoms with Crippen LogP contribution in [0.5, 0.6) is 0 Å². The number of hydrogen-bond donors (Lipinski definition) is 2. The van der Waals surface area contributed by atoms with Gasteiger partial charge in [-0.3, -0.25) is 0 Å². The normalized spacial score (nSPS) is 12.9. The average molecular weight is 194 g/mol. The molecule has 0 radical (unpaired) electrons. The molecule has 0 bridgehead atoms. The molecule has 3 N–H and O–H groups in total. The van der Waals surface area contributed by atoms with E-state index in [2.05, 4.69) is 29.4 Å². The summed E-state index contributed by atoms with van der Waals surface area (Å²) < 4.78 is 0. The van der Waals surface area contributed by atoms with Gasteiger partial charge in [0.05, 0.1) is 0 Å². The minimum absolute atomic E-state index is 0.284. The third-order valence-electron chi connectivity index (χ3n) is 1.96. The molecule has 4 heteroatoms. The summed E-state index contributed by atoms with van der Waals surface area (Å²) in [5.41, 5.74) is 5.66. The summed E-state index contributed by atoms with van der Waals surface area (Å²) in [5, 5.41) is 11.0. The molecule has 0 saturated carbocycles. The van der Waals surface area contributed by atoms with Crippen molar-refractivity contribution in [3.05, 3.63) is 18.3 Å². The van der Waals surface area contributed by atoms with E-state index in [1.807, 2.05) is 12.1 Å². The number of anilines is 1. The molecule has 14 heavy (non-hydrogen) atoms. The van der Waals surface area contributed by atoms with Gasteiger partial charge in [0.25, 0.3) is 0 Å². The van der Waals surface area contributed by atoms with Crippen LogP contribution < -0.4 is 11.1 Å². The maximum atomic E-state index is 5.66. The zero-order valence-electron chi connectivity index (χ0n) is 8.77. The lowest BCUT2D eigenvalue weighted by atomic mass is 10.0. The van der Waals surface area contributed by atoms with E-state index in [-0.39, 0.29) is 6.04 Å². The predicted octanol–water partition coefficient (Wildman–Crippen LogP) is 1.26. The smallest absolute Gasteiger partial charge is 0.148 e. The summed E-state index contributed by atoms with van der Waals surface area (Å²) in [5.74, 6) is 1.43. The first-order chi connectivity index (χ1) is 6.72. The fourth-order valence-electron chi connectivity index (χ4n) is 1.37. The van der Waals surface area contributed by atoms with Crippen molar-refractivity contribution in [3.63, 3.8) is 0 Å². The minimum atomic E-state index is 0.284. The number of nitrogens with two attached hydrogens (primary N) is 1. The van der Waals surface area contributed by atoms with Crippen LogP contribution in [0.1, 0.15) is 20.3 Å². The topological polar surface area (TPSA) is 63.8 Å². The highest BCUT2D eigenvalue weighted by molar-refractivity contribution is 5.32. The Morgan fingerprint density at radius 2 is 2.29 bits per heavy atom. The molecule has 1 aromatic rings. The second kappa shape index (κ2) is 5.54. The Morgan fingerprint density at radius 3 is 2.79 bits per heavy atom. The van der Waals surface area contributed by atoms with Crippen molar-refractivity contribution in [2.45, 2.75) is 26.3 Å². The van der Waals surface area contributed by atoms with Crippen LogP contribution in [0.25, 0.3) is 0 Å². The van der Waals surface area contributed by atoms with Crippen LogP contribution in [0, 0.1) is 5.92 Å². The van der Waals surface area contributed by atoms with Crippen LogP contribution in [-0.4, -0.2) is 22.8 Å². The zero-order chi connectivity index (χ0) is 10.4. The van der Waals surface area contributed by atoms with Gasteiger partial charge in [-0.25, -0.2) is 0 Å². The van der Waals surface area contributed by atoms with Crippen molar-refractivity contribution >= 4 is 5.82 Å². The van der Waals surface area contributed by atoms with Crippen molar-refractivity contribution < 1.29 is 0 Å². The first kappa shape index (κ1) is 10.9. The van der Waals surface area contributed by atoms with Crippen LogP contribution in [0.15, 0.2) is 18.3 Å². The standard InChI is InChI=1S/C10H18N4/c1-8(2)6-9(7-11)13-10-4-3-5-12-14-10/h3-5,8-9H,6-7,11H2,1-2H3,(H,13,14). The lowest BCUT2D eigenvalue weighted by Crippen LogP contribution is -2.30. The molecule has 0 saturated heterocycles. The summed E-state index contributed by atoms with van der Waals surface area (Å²) in [6, 6.07) is 4.04. The Balaban J connectivity index is 2.48. The highest BCUT2D eigenvalue weighted by Crippen LogP contribution is 2.08. The predicted molar refractivity (Wildman–Crippen MR) is 58.0 cm³/mol.